The number of aromatic amines is 2. The van der Waals surface area contributed by atoms with Gasteiger partial charge >= 0.3 is 12.2 Å². The molecule has 4 N–H and O–H groups in total. The summed E-state index contributed by atoms with van der Waals surface area (Å²) in [5.41, 5.74) is 8.11. The van der Waals surface area contributed by atoms with Crippen LogP contribution < -0.4 is 15.4 Å². The van der Waals surface area contributed by atoms with E-state index in [4.69, 9.17) is 28.9 Å². The zero-order chi connectivity index (χ0) is 50.5. The van der Waals surface area contributed by atoms with Gasteiger partial charge in [-0.3, -0.25) is 9.59 Å². The van der Waals surface area contributed by atoms with Crippen molar-refractivity contribution in [1.82, 2.24) is 40.4 Å². The molecule has 0 spiro atoms. The Kier molecular flexibility index (Phi) is 15.3. The van der Waals surface area contributed by atoms with Crippen LogP contribution in [0.15, 0.2) is 72.8 Å². The molecule has 16 nitrogen and oxygen atoms in total. The Morgan fingerprint density at radius 3 is 2.25 bits per heavy atom. The Morgan fingerprint density at radius 2 is 1.56 bits per heavy atom. The summed E-state index contributed by atoms with van der Waals surface area (Å²) in [6.45, 7) is 12.6. The summed E-state index contributed by atoms with van der Waals surface area (Å²) in [6, 6.07) is 20.6. The van der Waals surface area contributed by atoms with Crippen LogP contribution in [-0.4, -0.2) is 100 Å². The highest BCUT2D eigenvalue weighted by Crippen LogP contribution is 2.47. The van der Waals surface area contributed by atoms with Crippen LogP contribution in [0.4, 0.5) is 9.59 Å². The van der Waals surface area contributed by atoms with Gasteiger partial charge in [0.15, 0.2) is 0 Å². The van der Waals surface area contributed by atoms with E-state index in [0.717, 1.165) is 74.0 Å². The monoisotopic (exact) mass is 964 g/mol. The van der Waals surface area contributed by atoms with Gasteiger partial charge in [-0.25, -0.2) is 19.6 Å². The number of alkyl carbamates (subject to hydrolysis) is 2. The Hall–Kier alpha value is -7.38. The number of carbonyl (C=O) groups excluding carboxylic acids is 4. The summed E-state index contributed by atoms with van der Waals surface area (Å²) in [6.07, 6.45) is 1.87. The first kappa shape index (κ1) is 50.0. The molecule has 0 radical (unpaired) electrons. The molecule has 0 unspecified atom stereocenters. The van der Waals surface area contributed by atoms with Crippen LogP contribution in [0, 0.1) is 17.8 Å². The van der Waals surface area contributed by atoms with Gasteiger partial charge in [0.1, 0.15) is 36.1 Å². The molecule has 71 heavy (non-hydrogen) atoms. The average molecular weight is 965 g/mol. The fourth-order valence-electron chi connectivity index (χ4n) is 9.53. The van der Waals surface area contributed by atoms with E-state index in [1.54, 1.807) is 23.8 Å². The Labute approximate surface area is 414 Å². The third-order valence-electron chi connectivity index (χ3n) is 13.4. The van der Waals surface area contributed by atoms with E-state index >= 15 is 0 Å². The van der Waals surface area contributed by atoms with Gasteiger partial charge in [0, 0.05) is 42.5 Å². The molecular formula is C55H64N8O8. The van der Waals surface area contributed by atoms with Crippen LogP contribution in [0.5, 0.6) is 5.75 Å². The molecule has 16 heteroatoms. The highest BCUT2D eigenvalue weighted by atomic mass is 16.5. The maximum absolute atomic E-state index is 14.7. The largest absolute Gasteiger partial charge is 0.488 e. The number of carbonyl (C=O) groups is 4. The number of rotatable bonds is 17. The van der Waals surface area contributed by atoms with Gasteiger partial charge in [-0.05, 0) is 92.3 Å². The minimum Gasteiger partial charge on any atom is -0.488 e. The van der Waals surface area contributed by atoms with Gasteiger partial charge in [0.05, 0.1) is 61.4 Å². The van der Waals surface area contributed by atoms with E-state index in [1.165, 1.54) is 14.2 Å². The van der Waals surface area contributed by atoms with Gasteiger partial charge in [-0.15, -0.1) is 5.92 Å². The Morgan fingerprint density at radius 1 is 0.831 bits per heavy atom. The molecule has 0 saturated heterocycles. The molecule has 2 aliphatic rings. The third kappa shape index (κ3) is 10.6. The molecule has 3 heterocycles. The molecule has 1 aliphatic carbocycles. The van der Waals surface area contributed by atoms with Gasteiger partial charge in [0.25, 0.3) is 5.91 Å². The van der Waals surface area contributed by atoms with E-state index in [0.29, 0.717) is 49.8 Å². The number of nitrogens with one attached hydrogen (secondary N) is 4. The number of aromatic nitrogens is 4. The molecule has 8 rings (SSSR count). The summed E-state index contributed by atoms with van der Waals surface area (Å²) in [4.78, 5) is 74.3. The van der Waals surface area contributed by atoms with Crippen LogP contribution in [0.2, 0.25) is 0 Å². The van der Waals surface area contributed by atoms with Crippen molar-refractivity contribution >= 4 is 45.8 Å². The lowest BCUT2D eigenvalue weighted by Gasteiger charge is -2.34. The number of H-pyrrole nitrogens is 2. The van der Waals surface area contributed by atoms with Gasteiger partial charge in [0.2, 0.25) is 5.91 Å². The fraction of sp³-hybridized carbons (Fsp3) is 0.418. The standard InChI is InChI=1S/C55H64N8O8/c1-10-12-18-40(11-2)63(52(64)32(4)56-54(66)69-8)34(6)51-57-44-24-22-37-26-43-41-23-21-38(25-39(41)30-71-45(43)27-42(37)49(44)60-51)47-46(36-19-20-36)58-50(59-47)33(5)62(28-31(3)29-68-7)53(65)48(61-55(67)70-9)35-16-14-13-15-17-35/h13-17,21-27,31-34,36,40,48H,10-11,19-20,28-30H2,1-9H3,(H,56,66)(H,57,60)(H,58,59)(H,61,67)/t31-,32-,33-,34-,40+,48+/m0/s1. The van der Waals surface area contributed by atoms with E-state index < -0.39 is 42.4 Å². The topological polar surface area (TPSA) is 193 Å². The number of methoxy groups -OCH3 is 3. The van der Waals surface area contributed by atoms with Gasteiger partial charge < -0.3 is 49.3 Å². The van der Waals surface area contributed by atoms with Crippen molar-refractivity contribution in [1.29, 1.82) is 0 Å². The number of hydrogen-bond acceptors (Lipinski definition) is 10. The lowest BCUT2D eigenvalue weighted by atomic mass is 9.92. The minimum atomic E-state index is -0.990. The second-order valence-electron chi connectivity index (χ2n) is 18.6. The van der Waals surface area contributed by atoms with Crippen molar-refractivity contribution in [2.24, 2.45) is 5.92 Å². The van der Waals surface area contributed by atoms with Crippen LogP contribution in [0.1, 0.15) is 120 Å². The SMILES string of the molecule is CCC#C[C@@H](CC)N(C(=O)[C@H](C)NC(=O)OC)[C@@H](C)c1nc2ccc3cc4c(cc3c2[nH]1)OCc1cc(-c2[nH]c([C@H](C)N(C[C@H](C)COC)C(=O)[C@H](NC(=O)OC)c3ccccc3)nc2C2CC2)ccc1-4. The predicted octanol–water partition coefficient (Wildman–Crippen LogP) is 9.64. The van der Waals surface area contributed by atoms with Gasteiger partial charge in [-0.2, -0.15) is 0 Å². The molecule has 4 aromatic carbocycles. The van der Waals surface area contributed by atoms with Crippen molar-refractivity contribution in [2.75, 3.05) is 34.5 Å². The van der Waals surface area contributed by atoms with Crippen molar-refractivity contribution < 1.29 is 38.1 Å². The molecule has 0 bridgehead atoms. The second kappa shape index (κ2) is 21.7. The summed E-state index contributed by atoms with van der Waals surface area (Å²) < 4.78 is 21.8. The number of benzene rings is 4. The highest BCUT2D eigenvalue weighted by molar-refractivity contribution is 6.07. The normalized spacial score (nSPS) is 15.3. The lowest BCUT2D eigenvalue weighted by Crippen LogP contribution is -2.51. The summed E-state index contributed by atoms with van der Waals surface area (Å²) in [7, 11) is 4.19. The van der Waals surface area contributed by atoms with Crippen LogP contribution >= 0.6 is 0 Å². The van der Waals surface area contributed by atoms with Crippen LogP contribution in [-0.2, 0) is 30.4 Å². The quantitative estimate of drug-likeness (QED) is 0.0640. The van der Waals surface area contributed by atoms with Gasteiger partial charge in [-0.1, -0.05) is 75.2 Å². The highest BCUT2D eigenvalue weighted by Gasteiger charge is 2.37. The van der Waals surface area contributed by atoms with Crippen molar-refractivity contribution in [3.8, 4) is 40.0 Å². The number of fused-ring (bicyclic) bond motifs is 6. The smallest absolute Gasteiger partial charge is 0.407 e. The van der Waals surface area contributed by atoms with E-state index in [2.05, 4.69) is 68.8 Å². The fourth-order valence-corrected chi connectivity index (χ4v) is 9.53. The summed E-state index contributed by atoms with van der Waals surface area (Å²) >= 11 is 0. The zero-order valence-corrected chi connectivity index (χ0v) is 42.0. The third-order valence-corrected chi connectivity index (χ3v) is 13.4. The molecule has 6 aromatic rings. The summed E-state index contributed by atoms with van der Waals surface area (Å²) in [5, 5.41) is 7.30. The molecule has 4 amide bonds. The molecule has 6 atom stereocenters. The molecule has 2 aromatic heterocycles. The lowest BCUT2D eigenvalue weighted by molar-refractivity contribution is -0.137. The van der Waals surface area contributed by atoms with Crippen molar-refractivity contribution in [3.05, 3.63) is 101 Å². The first-order valence-corrected chi connectivity index (χ1v) is 24.4. The maximum Gasteiger partial charge on any atom is 0.407 e. The van der Waals surface area contributed by atoms with Crippen LogP contribution in [0.25, 0.3) is 44.2 Å². The Balaban J connectivity index is 1.10. The maximum atomic E-state index is 14.7. The first-order valence-electron chi connectivity index (χ1n) is 24.4. The number of ether oxygens (including phenoxy) is 4. The molecule has 372 valence electrons. The van der Waals surface area contributed by atoms with Crippen molar-refractivity contribution in [3.63, 3.8) is 0 Å². The summed E-state index contributed by atoms with van der Waals surface area (Å²) in [5.74, 6) is 8.06. The number of nitrogens with zero attached hydrogens (tertiary/aromatic N) is 4. The molecular weight excluding hydrogens is 901 g/mol. The number of amides is 4. The molecule has 1 saturated carbocycles. The molecule has 1 fully saturated rings. The number of hydrogen-bond donors (Lipinski definition) is 4. The average Bonchev–Trinajstić information content (AvgIpc) is 3.97. The van der Waals surface area contributed by atoms with E-state index in [1.807, 2.05) is 71.0 Å². The first-order chi connectivity index (χ1) is 34.3. The van der Waals surface area contributed by atoms with Crippen LogP contribution in [0.3, 0.4) is 0 Å². The zero-order valence-electron chi connectivity index (χ0n) is 42.0. The second-order valence-corrected chi connectivity index (χ2v) is 18.6. The van der Waals surface area contributed by atoms with E-state index in [-0.39, 0.29) is 23.7 Å². The minimum absolute atomic E-state index is 0.0173. The van der Waals surface area contributed by atoms with Crippen molar-refractivity contribution in [2.45, 2.75) is 110 Å². The predicted molar refractivity (Wildman–Crippen MR) is 271 cm³/mol. The van der Waals surface area contributed by atoms with E-state index in [9.17, 15) is 19.2 Å². The Bertz CT molecular complexity index is 2990. The molecule has 1 aliphatic heterocycles. The number of imidazole rings is 2.